The third kappa shape index (κ3) is 24.3. The van der Waals surface area contributed by atoms with Gasteiger partial charge in [0.15, 0.2) is 12.6 Å². The van der Waals surface area contributed by atoms with E-state index in [2.05, 4.69) is 62.5 Å². The number of carbonyl (C=O) groups is 1. The summed E-state index contributed by atoms with van der Waals surface area (Å²) in [4.78, 5) is 13.0. The van der Waals surface area contributed by atoms with Crippen molar-refractivity contribution in [1.29, 1.82) is 0 Å². The Morgan fingerprint density at radius 3 is 1.58 bits per heavy atom. The van der Waals surface area contributed by atoms with Gasteiger partial charge in [-0.2, -0.15) is 0 Å². The van der Waals surface area contributed by atoms with Crippen LogP contribution >= 0.6 is 0 Å². The van der Waals surface area contributed by atoms with E-state index in [1.165, 1.54) is 64.2 Å². The molecule has 62 heavy (non-hydrogen) atoms. The molecule has 360 valence electrons. The Kier molecular flexibility index (Phi) is 32.7. The van der Waals surface area contributed by atoms with Crippen molar-refractivity contribution in [3.05, 3.63) is 48.6 Å². The first kappa shape index (κ1) is 56.1. The number of aliphatic hydroxyl groups is 7. The van der Waals surface area contributed by atoms with Gasteiger partial charge in [-0.1, -0.05) is 146 Å². The molecule has 0 aromatic heterocycles. The molecule has 14 nitrogen and oxygen atoms in total. The Hall–Kier alpha value is -2.05. The number of allylic oxidation sites excluding steroid dienone is 8. The highest BCUT2D eigenvalue weighted by molar-refractivity contribution is 5.69. The van der Waals surface area contributed by atoms with Gasteiger partial charge in [-0.3, -0.25) is 4.79 Å². The van der Waals surface area contributed by atoms with Gasteiger partial charge in [-0.15, -0.1) is 0 Å². The highest BCUT2D eigenvalue weighted by Crippen LogP contribution is 2.26. The second kappa shape index (κ2) is 36.2. The number of rotatable bonds is 36. The molecular weight excluding hydrogens is 801 g/mol. The van der Waals surface area contributed by atoms with Crippen molar-refractivity contribution in [3.63, 3.8) is 0 Å². The molecule has 2 heterocycles. The second-order valence-electron chi connectivity index (χ2n) is 16.6. The van der Waals surface area contributed by atoms with Gasteiger partial charge in [0.2, 0.25) is 0 Å². The van der Waals surface area contributed by atoms with Gasteiger partial charge in [0.1, 0.15) is 54.9 Å². The molecule has 0 aromatic rings. The average molecular weight is 885 g/mol. The first-order valence-corrected chi connectivity index (χ1v) is 23.7. The fourth-order valence-electron chi connectivity index (χ4n) is 7.23. The number of esters is 1. The first-order chi connectivity index (χ1) is 30.1. The van der Waals surface area contributed by atoms with Crippen molar-refractivity contribution in [2.45, 2.75) is 216 Å². The van der Waals surface area contributed by atoms with Crippen LogP contribution in [0.25, 0.3) is 0 Å². The van der Waals surface area contributed by atoms with E-state index < -0.39 is 86.7 Å². The van der Waals surface area contributed by atoms with Crippen molar-refractivity contribution in [2.24, 2.45) is 0 Å². The van der Waals surface area contributed by atoms with Crippen LogP contribution in [0.1, 0.15) is 149 Å². The average Bonchev–Trinajstić information content (AvgIpc) is 3.27. The minimum Gasteiger partial charge on any atom is -0.457 e. The van der Waals surface area contributed by atoms with Gasteiger partial charge < -0.3 is 64.2 Å². The summed E-state index contributed by atoms with van der Waals surface area (Å²) >= 11 is 0. The zero-order chi connectivity index (χ0) is 45.2. The summed E-state index contributed by atoms with van der Waals surface area (Å²) in [6, 6.07) is 0. The summed E-state index contributed by atoms with van der Waals surface area (Å²) in [5.74, 6) is -0.396. The van der Waals surface area contributed by atoms with E-state index >= 15 is 0 Å². The van der Waals surface area contributed by atoms with Crippen LogP contribution in [-0.4, -0.2) is 142 Å². The molecule has 0 saturated carbocycles. The van der Waals surface area contributed by atoms with E-state index in [0.717, 1.165) is 57.8 Å². The maximum Gasteiger partial charge on any atom is 0.306 e. The van der Waals surface area contributed by atoms with Crippen molar-refractivity contribution in [3.8, 4) is 0 Å². The predicted octanol–water partition coefficient (Wildman–Crippen LogP) is 6.01. The molecule has 0 radical (unpaired) electrons. The van der Waals surface area contributed by atoms with Crippen LogP contribution in [0.2, 0.25) is 0 Å². The molecular formula is C48H84O14. The van der Waals surface area contributed by atoms with Crippen LogP contribution in [0.4, 0.5) is 0 Å². The zero-order valence-electron chi connectivity index (χ0n) is 37.8. The third-order valence-corrected chi connectivity index (χ3v) is 11.1. The van der Waals surface area contributed by atoms with Crippen LogP contribution < -0.4 is 0 Å². The molecule has 14 heteroatoms. The maximum absolute atomic E-state index is 13.0. The summed E-state index contributed by atoms with van der Waals surface area (Å²) in [6.07, 6.45) is 23.3. The number of ether oxygens (including phenoxy) is 6. The van der Waals surface area contributed by atoms with E-state index in [0.29, 0.717) is 13.0 Å². The summed E-state index contributed by atoms with van der Waals surface area (Å²) in [5, 5.41) is 71.9. The highest BCUT2D eigenvalue weighted by atomic mass is 16.7. The Balaban J connectivity index is 1.83. The normalized spacial score (nSPS) is 27.6. The lowest BCUT2D eigenvalue weighted by Crippen LogP contribution is -2.61. The predicted molar refractivity (Wildman–Crippen MR) is 238 cm³/mol. The molecule has 2 aliphatic heterocycles. The molecule has 2 fully saturated rings. The van der Waals surface area contributed by atoms with Gasteiger partial charge in [0, 0.05) is 13.0 Å². The van der Waals surface area contributed by atoms with Gasteiger partial charge >= 0.3 is 5.97 Å². The van der Waals surface area contributed by atoms with Crippen molar-refractivity contribution in [2.75, 3.05) is 33.0 Å². The molecule has 0 aliphatic carbocycles. The molecule has 0 bridgehead atoms. The lowest BCUT2D eigenvalue weighted by Gasteiger charge is -2.42. The molecule has 0 aromatic carbocycles. The molecule has 0 amide bonds. The minimum atomic E-state index is -1.71. The highest BCUT2D eigenvalue weighted by Gasteiger charge is 2.47. The fraction of sp³-hybridized carbons (Fsp3) is 0.812. The molecule has 2 aliphatic rings. The number of hydrogen-bond acceptors (Lipinski definition) is 14. The Morgan fingerprint density at radius 1 is 0.548 bits per heavy atom. The summed E-state index contributed by atoms with van der Waals surface area (Å²) < 4.78 is 34.1. The second-order valence-corrected chi connectivity index (χ2v) is 16.6. The van der Waals surface area contributed by atoms with E-state index in [4.69, 9.17) is 28.4 Å². The van der Waals surface area contributed by atoms with E-state index in [9.17, 15) is 40.5 Å². The SMILES string of the molecule is CC/C=C\C/C=C\C/C=C\C/C=C\CCCOCC(COC1OC(COC2OC(CO)C(O)C(O)C2O)C(O)C(O)C1O)OC(=O)CCCCCCCCCCCCCCCC. The summed E-state index contributed by atoms with van der Waals surface area (Å²) in [6.45, 7) is 3.41. The number of aliphatic hydroxyl groups excluding tert-OH is 7. The van der Waals surface area contributed by atoms with Gasteiger partial charge in [0.25, 0.3) is 0 Å². The van der Waals surface area contributed by atoms with Crippen LogP contribution in [-0.2, 0) is 33.2 Å². The van der Waals surface area contributed by atoms with Gasteiger partial charge in [0.05, 0.1) is 26.4 Å². The quantitative estimate of drug-likeness (QED) is 0.0218. The largest absolute Gasteiger partial charge is 0.457 e. The lowest BCUT2D eigenvalue weighted by molar-refractivity contribution is -0.332. The zero-order valence-corrected chi connectivity index (χ0v) is 37.8. The molecule has 11 atom stereocenters. The van der Waals surface area contributed by atoms with Crippen LogP contribution in [0, 0.1) is 0 Å². The first-order valence-electron chi connectivity index (χ1n) is 23.7. The van der Waals surface area contributed by atoms with E-state index in [1.807, 2.05) is 0 Å². The lowest BCUT2D eigenvalue weighted by atomic mass is 9.98. The molecule has 11 unspecified atom stereocenters. The van der Waals surface area contributed by atoms with E-state index in [-0.39, 0.29) is 19.6 Å². The Morgan fingerprint density at radius 2 is 1.03 bits per heavy atom. The Bertz CT molecular complexity index is 1210. The summed E-state index contributed by atoms with van der Waals surface area (Å²) in [5.41, 5.74) is 0. The topological polar surface area (TPSA) is 214 Å². The minimum absolute atomic E-state index is 0.0241. The number of unbranched alkanes of at least 4 members (excludes halogenated alkanes) is 14. The van der Waals surface area contributed by atoms with Crippen LogP contribution in [0.15, 0.2) is 48.6 Å². The fourth-order valence-corrected chi connectivity index (χ4v) is 7.23. The third-order valence-electron chi connectivity index (χ3n) is 11.1. The summed E-state index contributed by atoms with van der Waals surface area (Å²) in [7, 11) is 0. The van der Waals surface area contributed by atoms with Crippen LogP contribution in [0.3, 0.4) is 0 Å². The molecule has 2 rings (SSSR count). The van der Waals surface area contributed by atoms with Crippen LogP contribution in [0.5, 0.6) is 0 Å². The van der Waals surface area contributed by atoms with Gasteiger partial charge in [-0.25, -0.2) is 0 Å². The van der Waals surface area contributed by atoms with Crippen molar-refractivity contribution < 1.29 is 69.0 Å². The van der Waals surface area contributed by atoms with E-state index in [1.54, 1.807) is 0 Å². The standard InChI is InChI=1S/C48H84O14/c1-3-5-7-9-11-13-15-17-19-21-23-25-27-29-31-40(50)60-37(34-57-32-30-28-26-24-22-20-18-16-14-12-10-8-6-4-2)35-58-47-46(56)44(54)42(52)39(62-47)36-59-48-45(55)43(53)41(51)38(33-49)61-48/h6,8,12,14,18,20,24,26,37-39,41-49,51-56H,3-5,7,9-11,13,15-17,19,21-23,25,27-36H2,1-2H3/b8-6-,14-12-,20-18-,26-24-. The van der Waals surface area contributed by atoms with Crippen molar-refractivity contribution in [1.82, 2.24) is 0 Å². The number of carbonyl (C=O) groups excluding carboxylic acids is 1. The smallest absolute Gasteiger partial charge is 0.306 e. The molecule has 0 spiro atoms. The molecule has 2 saturated heterocycles. The monoisotopic (exact) mass is 885 g/mol. The number of hydrogen-bond donors (Lipinski definition) is 7. The van der Waals surface area contributed by atoms with Gasteiger partial charge in [-0.05, 0) is 44.9 Å². The Labute approximate surface area is 372 Å². The van der Waals surface area contributed by atoms with Crippen molar-refractivity contribution >= 4 is 5.97 Å². The maximum atomic E-state index is 13.0. The molecule has 7 N–H and O–H groups in total.